The molecule has 24 heavy (non-hydrogen) atoms. The van der Waals surface area contributed by atoms with Gasteiger partial charge >= 0.3 is 6.03 Å². The van der Waals surface area contributed by atoms with E-state index in [0.717, 1.165) is 29.6 Å². The Kier molecular flexibility index (Phi) is 6.55. The fraction of sp³-hybridized carbons (Fsp3) is 0.357. The number of carbonyl (C=O) groups is 2. The van der Waals surface area contributed by atoms with E-state index in [4.69, 9.17) is 4.74 Å². The van der Waals surface area contributed by atoms with Gasteiger partial charge in [-0.25, -0.2) is 4.79 Å². The van der Waals surface area contributed by atoms with Gasteiger partial charge in [0.25, 0.3) is 0 Å². The summed E-state index contributed by atoms with van der Waals surface area (Å²) in [5, 5.41) is 16.7. The molecule has 0 aliphatic rings. The standard InChI is InChI=1S/C14H18N6O3S/c1-3-8-15-13(22)16-12(21)9-24-14-17-18-19-20(14)10-4-6-11(23-2)7-5-10/h4-7H,3,8-9H2,1-2H3,(H2,15,16,21,22). The first-order valence-electron chi connectivity index (χ1n) is 7.27. The van der Waals surface area contributed by atoms with Crippen LogP contribution in [-0.2, 0) is 4.79 Å². The zero-order chi connectivity index (χ0) is 17.4. The number of hydrogen-bond acceptors (Lipinski definition) is 7. The largest absolute Gasteiger partial charge is 0.497 e. The first kappa shape index (κ1) is 17.7. The van der Waals surface area contributed by atoms with Crippen molar-refractivity contribution in [3.05, 3.63) is 24.3 Å². The number of amides is 3. The first-order valence-corrected chi connectivity index (χ1v) is 8.26. The van der Waals surface area contributed by atoms with Crippen LogP contribution >= 0.6 is 11.8 Å². The average molecular weight is 350 g/mol. The molecule has 0 saturated carbocycles. The Morgan fingerprint density at radius 1 is 1.29 bits per heavy atom. The zero-order valence-corrected chi connectivity index (χ0v) is 14.2. The molecule has 0 saturated heterocycles. The molecular weight excluding hydrogens is 332 g/mol. The number of nitrogens with zero attached hydrogens (tertiary/aromatic N) is 4. The van der Waals surface area contributed by atoms with E-state index in [0.29, 0.717) is 11.7 Å². The van der Waals surface area contributed by atoms with Gasteiger partial charge in [-0.3, -0.25) is 10.1 Å². The maximum absolute atomic E-state index is 11.8. The van der Waals surface area contributed by atoms with E-state index in [-0.39, 0.29) is 5.75 Å². The summed E-state index contributed by atoms with van der Waals surface area (Å²) < 4.78 is 6.61. The summed E-state index contributed by atoms with van der Waals surface area (Å²) in [6.07, 6.45) is 0.799. The lowest BCUT2D eigenvalue weighted by atomic mass is 10.3. The molecule has 1 heterocycles. The number of methoxy groups -OCH3 is 1. The third kappa shape index (κ3) is 4.95. The Morgan fingerprint density at radius 3 is 2.71 bits per heavy atom. The highest BCUT2D eigenvalue weighted by molar-refractivity contribution is 7.99. The maximum atomic E-state index is 11.8. The van der Waals surface area contributed by atoms with Crippen LogP contribution in [0.5, 0.6) is 5.75 Å². The fourth-order valence-electron chi connectivity index (χ4n) is 1.73. The zero-order valence-electron chi connectivity index (χ0n) is 13.4. The number of benzene rings is 1. The van der Waals surface area contributed by atoms with Crippen LogP contribution in [0.4, 0.5) is 4.79 Å². The van der Waals surface area contributed by atoms with Crippen LogP contribution in [0, 0.1) is 0 Å². The Balaban J connectivity index is 1.93. The lowest BCUT2D eigenvalue weighted by molar-refractivity contribution is -0.117. The van der Waals surface area contributed by atoms with Gasteiger partial charge in [0, 0.05) is 6.54 Å². The van der Waals surface area contributed by atoms with Gasteiger partial charge in [-0.05, 0) is 41.1 Å². The number of carbonyl (C=O) groups excluding carboxylic acids is 2. The summed E-state index contributed by atoms with van der Waals surface area (Å²) >= 11 is 1.14. The number of rotatable bonds is 7. The summed E-state index contributed by atoms with van der Waals surface area (Å²) in [7, 11) is 1.59. The van der Waals surface area contributed by atoms with Crippen molar-refractivity contribution < 1.29 is 14.3 Å². The second-order valence-corrected chi connectivity index (χ2v) is 5.61. The van der Waals surface area contributed by atoms with Crippen molar-refractivity contribution in [1.29, 1.82) is 0 Å². The molecule has 3 amide bonds. The van der Waals surface area contributed by atoms with E-state index < -0.39 is 11.9 Å². The minimum absolute atomic E-state index is 0.0239. The van der Waals surface area contributed by atoms with Gasteiger partial charge in [-0.2, -0.15) is 4.68 Å². The molecule has 0 atom stereocenters. The molecule has 0 aliphatic carbocycles. The molecule has 9 nitrogen and oxygen atoms in total. The SMILES string of the molecule is CCCNC(=O)NC(=O)CSc1nnnn1-c1ccc(OC)cc1. The van der Waals surface area contributed by atoms with Gasteiger partial charge < -0.3 is 10.1 Å². The Morgan fingerprint density at radius 2 is 2.04 bits per heavy atom. The van der Waals surface area contributed by atoms with Crippen molar-refractivity contribution in [2.75, 3.05) is 19.4 Å². The number of imide groups is 1. The quantitative estimate of drug-likeness (QED) is 0.717. The van der Waals surface area contributed by atoms with E-state index >= 15 is 0 Å². The van der Waals surface area contributed by atoms with Crippen molar-refractivity contribution in [3.63, 3.8) is 0 Å². The highest BCUT2D eigenvalue weighted by atomic mass is 32.2. The Labute approximate surface area is 143 Å². The van der Waals surface area contributed by atoms with Crippen LogP contribution in [0.25, 0.3) is 5.69 Å². The molecule has 0 aliphatic heterocycles. The first-order chi connectivity index (χ1) is 11.6. The molecule has 0 radical (unpaired) electrons. The number of nitrogens with one attached hydrogen (secondary N) is 2. The minimum Gasteiger partial charge on any atom is -0.497 e. The molecule has 2 N–H and O–H groups in total. The lowest BCUT2D eigenvalue weighted by Crippen LogP contribution is -2.40. The predicted molar refractivity (Wildman–Crippen MR) is 88.3 cm³/mol. The average Bonchev–Trinajstić information content (AvgIpc) is 3.06. The minimum atomic E-state index is -0.503. The third-order valence-corrected chi connectivity index (χ3v) is 3.80. The highest BCUT2D eigenvalue weighted by Crippen LogP contribution is 2.20. The molecule has 2 aromatic rings. The molecule has 1 aromatic heterocycles. The molecule has 0 bridgehead atoms. The van der Waals surface area contributed by atoms with E-state index in [1.165, 1.54) is 4.68 Å². The summed E-state index contributed by atoms with van der Waals surface area (Å²) in [5.41, 5.74) is 0.740. The van der Waals surface area contributed by atoms with Gasteiger partial charge in [0.2, 0.25) is 11.1 Å². The number of aromatic nitrogens is 4. The number of tetrazole rings is 1. The van der Waals surface area contributed by atoms with Crippen molar-refractivity contribution in [2.24, 2.45) is 0 Å². The van der Waals surface area contributed by atoms with Crippen molar-refractivity contribution in [1.82, 2.24) is 30.8 Å². The number of thioether (sulfide) groups is 1. The van der Waals surface area contributed by atoms with E-state index in [9.17, 15) is 9.59 Å². The monoisotopic (exact) mass is 350 g/mol. The molecule has 0 unspecified atom stereocenters. The number of urea groups is 1. The van der Waals surface area contributed by atoms with Crippen LogP contribution < -0.4 is 15.4 Å². The molecule has 2 rings (SSSR count). The van der Waals surface area contributed by atoms with Crippen LogP contribution in [0.2, 0.25) is 0 Å². The summed E-state index contributed by atoms with van der Waals surface area (Å²) in [6.45, 7) is 2.44. The van der Waals surface area contributed by atoms with Crippen LogP contribution in [-0.4, -0.2) is 51.6 Å². The number of ether oxygens (including phenoxy) is 1. The van der Waals surface area contributed by atoms with E-state index in [2.05, 4.69) is 26.2 Å². The van der Waals surface area contributed by atoms with Gasteiger partial charge in [0.1, 0.15) is 5.75 Å². The third-order valence-electron chi connectivity index (χ3n) is 2.88. The van der Waals surface area contributed by atoms with Crippen molar-refractivity contribution >= 4 is 23.7 Å². The van der Waals surface area contributed by atoms with Gasteiger partial charge in [-0.15, -0.1) is 5.10 Å². The normalized spacial score (nSPS) is 10.2. The van der Waals surface area contributed by atoms with Gasteiger partial charge in [0.15, 0.2) is 0 Å². The Hall–Kier alpha value is -2.62. The topological polar surface area (TPSA) is 111 Å². The van der Waals surface area contributed by atoms with Crippen LogP contribution in [0.1, 0.15) is 13.3 Å². The van der Waals surface area contributed by atoms with Gasteiger partial charge in [-0.1, -0.05) is 18.7 Å². The second-order valence-electron chi connectivity index (χ2n) is 4.66. The highest BCUT2D eigenvalue weighted by Gasteiger charge is 2.13. The molecule has 10 heteroatoms. The fourth-order valence-corrected chi connectivity index (χ4v) is 2.42. The summed E-state index contributed by atoms with van der Waals surface area (Å²) in [6, 6.07) is 6.68. The predicted octanol–water partition coefficient (Wildman–Crippen LogP) is 0.999. The van der Waals surface area contributed by atoms with Crippen molar-refractivity contribution in [2.45, 2.75) is 18.5 Å². The van der Waals surface area contributed by atoms with E-state index in [1.54, 1.807) is 31.4 Å². The Bertz CT molecular complexity index is 688. The summed E-state index contributed by atoms with van der Waals surface area (Å²) in [5.74, 6) is 0.326. The van der Waals surface area contributed by atoms with Crippen LogP contribution in [0.3, 0.4) is 0 Å². The molecule has 0 spiro atoms. The van der Waals surface area contributed by atoms with Gasteiger partial charge in [0.05, 0.1) is 18.6 Å². The lowest BCUT2D eigenvalue weighted by Gasteiger charge is -2.06. The molecule has 0 fully saturated rings. The van der Waals surface area contributed by atoms with Crippen LogP contribution in [0.15, 0.2) is 29.4 Å². The maximum Gasteiger partial charge on any atom is 0.321 e. The number of hydrogen-bond donors (Lipinski definition) is 2. The smallest absolute Gasteiger partial charge is 0.321 e. The summed E-state index contributed by atoms with van der Waals surface area (Å²) in [4.78, 5) is 23.2. The van der Waals surface area contributed by atoms with Crippen molar-refractivity contribution in [3.8, 4) is 11.4 Å². The molecule has 128 valence electrons. The van der Waals surface area contributed by atoms with E-state index in [1.807, 2.05) is 6.92 Å². The second kappa shape index (κ2) is 8.87. The molecule has 1 aromatic carbocycles. The molecular formula is C14H18N6O3S.